The number of hydrogen-bond acceptors (Lipinski definition) is 4. The van der Waals surface area contributed by atoms with Crippen LogP contribution in [0.1, 0.15) is 16.8 Å². The zero-order chi connectivity index (χ0) is 13.8. The summed E-state index contributed by atoms with van der Waals surface area (Å²) in [6.45, 7) is 1.82. The van der Waals surface area contributed by atoms with Gasteiger partial charge in [-0.1, -0.05) is 15.9 Å². The Bertz CT molecular complexity index is 517. The third-order valence-electron chi connectivity index (χ3n) is 2.95. The number of amides is 1. The largest absolute Gasteiger partial charge is 0.507 e. The van der Waals surface area contributed by atoms with Crippen molar-refractivity contribution in [1.29, 1.82) is 0 Å². The summed E-state index contributed by atoms with van der Waals surface area (Å²) in [5, 5.41) is 9.65. The first-order valence-electron chi connectivity index (χ1n) is 5.98. The van der Waals surface area contributed by atoms with Crippen molar-refractivity contribution in [2.45, 2.75) is 6.42 Å². The van der Waals surface area contributed by atoms with Crippen molar-refractivity contribution in [3.63, 3.8) is 0 Å². The van der Waals surface area contributed by atoms with Crippen LogP contribution in [-0.4, -0.2) is 36.1 Å². The van der Waals surface area contributed by atoms with Crippen LogP contribution in [0.25, 0.3) is 0 Å². The van der Waals surface area contributed by atoms with Gasteiger partial charge in [0, 0.05) is 29.7 Å². The highest BCUT2D eigenvalue weighted by Gasteiger charge is 2.13. The molecule has 1 aliphatic heterocycles. The predicted molar refractivity (Wildman–Crippen MR) is 76.6 cm³/mol. The van der Waals surface area contributed by atoms with Crippen LogP contribution in [0.3, 0.4) is 0 Å². The number of aromatic hydroxyl groups is 1. The Morgan fingerprint density at radius 3 is 2.95 bits per heavy atom. The van der Waals surface area contributed by atoms with Crippen molar-refractivity contribution >= 4 is 21.8 Å². The summed E-state index contributed by atoms with van der Waals surface area (Å²) in [6.07, 6.45) is 2.89. The van der Waals surface area contributed by atoms with E-state index in [2.05, 4.69) is 31.7 Å². The van der Waals surface area contributed by atoms with Crippen LogP contribution < -0.4 is 10.9 Å². The molecule has 1 amide bonds. The van der Waals surface area contributed by atoms with Crippen molar-refractivity contribution in [3.8, 4) is 5.75 Å². The van der Waals surface area contributed by atoms with Crippen LogP contribution in [0.15, 0.2) is 34.4 Å². The minimum absolute atomic E-state index is 0.0418. The van der Waals surface area contributed by atoms with Gasteiger partial charge in [-0.2, -0.15) is 0 Å². The van der Waals surface area contributed by atoms with E-state index in [-0.39, 0.29) is 17.2 Å². The molecule has 0 atom stereocenters. The maximum atomic E-state index is 11.9. The summed E-state index contributed by atoms with van der Waals surface area (Å²) in [6, 6.07) is 4.74. The second-order valence-electron chi connectivity index (χ2n) is 4.48. The molecule has 0 radical (unpaired) electrons. The lowest BCUT2D eigenvalue weighted by Gasteiger charge is -2.22. The van der Waals surface area contributed by atoms with Gasteiger partial charge in [0.25, 0.3) is 5.91 Å². The van der Waals surface area contributed by atoms with E-state index in [0.29, 0.717) is 0 Å². The third-order valence-corrected chi connectivity index (χ3v) is 3.45. The Kier molecular flexibility index (Phi) is 4.44. The lowest BCUT2D eigenvalue weighted by atomic mass is 10.2. The molecular formula is C13H16BrN3O2. The van der Waals surface area contributed by atoms with Crippen LogP contribution >= 0.6 is 15.9 Å². The Hall–Kier alpha value is -1.53. The fraction of sp³-hybridized carbons (Fsp3) is 0.308. The molecule has 2 rings (SSSR count). The normalized spacial score (nSPS) is 15.8. The van der Waals surface area contributed by atoms with E-state index < -0.39 is 0 Å². The number of phenols is 1. The second kappa shape index (κ2) is 6.08. The van der Waals surface area contributed by atoms with Crippen LogP contribution in [0, 0.1) is 0 Å². The number of hydrazine groups is 1. The lowest BCUT2D eigenvalue weighted by molar-refractivity contribution is 0.0934. The molecule has 0 bridgehead atoms. The third kappa shape index (κ3) is 3.71. The molecule has 1 aromatic rings. The van der Waals surface area contributed by atoms with Crippen molar-refractivity contribution in [2.75, 3.05) is 20.1 Å². The first kappa shape index (κ1) is 13.9. The van der Waals surface area contributed by atoms with E-state index >= 15 is 0 Å². The molecule has 19 heavy (non-hydrogen) atoms. The van der Waals surface area contributed by atoms with E-state index in [1.54, 1.807) is 12.1 Å². The van der Waals surface area contributed by atoms with E-state index in [9.17, 15) is 9.90 Å². The van der Waals surface area contributed by atoms with Gasteiger partial charge in [0.1, 0.15) is 5.75 Å². The molecule has 1 aliphatic rings. The summed E-state index contributed by atoms with van der Waals surface area (Å²) in [5.74, 6) is -0.404. The zero-order valence-corrected chi connectivity index (χ0v) is 12.2. The number of benzene rings is 1. The zero-order valence-electron chi connectivity index (χ0n) is 10.6. The smallest absolute Gasteiger partial charge is 0.273 e. The molecule has 6 heteroatoms. The monoisotopic (exact) mass is 325 g/mol. The van der Waals surface area contributed by atoms with Crippen LogP contribution in [-0.2, 0) is 0 Å². The van der Waals surface area contributed by atoms with Crippen molar-refractivity contribution < 1.29 is 9.90 Å². The van der Waals surface area contributed by atoms with Gasteiger partial charge in [0.15, 0.2) is 0 Å². The molecular weight excluding hydrogens is 310 g/mol. The van der Waals surface area contributed by atoms with Gasteiger partial charge < -0.3 is 15.4 Å². The Morgan fingerprint density at radius 2 is 2.26 bits per heavy atom. The molecule has 0 spiro atoms. The molecule has 5 nitrogen and oxygen atoms in total. The minimum atomic E-state index is -0.362. The Labute approximate surface area is 120 Å². The predicted octanol–water partition coefficient (Wildman–Crippen LogP) is 1.61. The number of likely N-dealkylation sites (N-methyl/N-ethyl adjacent to an activating group) is 1. The highest BCUT2D eigenvalue weighted by molar-refractivity contribution is 9.10. The van der Waals surface area contributed by atoms with Gasteiger partial charge in [-0.3, -0.25) is 10.2 Å². The number of carbonyl (C=O) groups is 1. The summed E-state index contributed by atoms with van der Waals surface area (Å²) in [4.78, 5) is 14.1. The molecule has 1 heterocycles. The summed E-state index contributed by atoms with van der Waals surface area (Å²) in [5.41, 5.74) is 6.71. The second-order valence-corrected chi connectivity index (χ2v) is 5.40. The molecule has 1 aromatic carbocycles. The minimum Gasteiger partial charge on any atom is -0.507 e. The molecule has 0 unspecified atom stereocenters. The van der Waals surface area contributed by atoms with Crippen LogP contribution in [0.2, 0.25) is 0 Å². The van der Waals surface area contributed by atoms with Crippen LogP contribution in [0.4, 0.5) is 0 Å². The lowest BCUT2D eigenvalue weighted by Crippen LogP contribution is -2.39. The highest BCUT2D eigenvalue weighted by atomic mass is 79.9. The molecule has 0 aromatic heterocycles. The number of carbonyl (C=O) groups excluding carboxylic acids is 1. The molecule has 0 aliphatic carbocycles. The summed E-state index contributed by atoms with van der Waals surface area (Å²) in [7, 11) is 2.05. The fourth-order valence-electron chi connectivity index (χ4n) is 1.78. The average molecular weight is 326 g/mol. The molecule has 102 valence electrons. The first-order chi connectivity index (χ1) is 9.06. The number of nitrogens with zero attached hydrogens (tertiary/aromatic N) is 1. The maximum absolute atomic E-state index is 11.9. The first-order valence-corrected chi connectivity index (χ1v) is 6.78. The molecule has 0 fully saturated rings. The molecule has 0 saturated carbocycles. The van der Waals surface area contributed by atoms with Gasteiger partial charge in [-0.15, -0.1) is 0 Å². The highest BCUT2D eigenvalue weighted by Crippen LogP contribution is 2.21. The fourth-order valence-corrected chi connectivity index (χ4v) is 2.14. The van der Waals surface area contributed by atoms with Gasteiger partial charge in [-0.25, -0.2) is 0 Å². The summed E-state index contributed by atoms with van der Waals surface area (Å²) >= 11 is 3.27. The summed E-state index contributed by atoms with van der Waals surface area (Å²) < 4.78 is 0.744. The van der Waals surface area contributed by atoms with E-state index in [4.69, 9.17) is 0 Å². The number of nitrogens with one attached hydrogen (secondary N) is 2. The number of phenolic OH excluding ortho intramolecular Hbond substituents is 1. The number of halogens is 1. The Morgan fingerprint density at radius 1 is 1.47 bits per heavy atom. The van der Waals surface area contributed by atoms with Crippen molar-refractivity contribution in [1.82, 2.24) is 15.8 Å². The van der Waals surface area contributed by atoms with E-state index in [1.165, 1.54) is 6.07 Å². The van der Waals surface area contributed by atoms with Crippen molar-refractivity contribution in [2.24, 2.45) is 0 Å². The topological polar surface area (TPSA) is 64.6 Å². The SMILES string of the molecule is CN1CC=C(NNC(=O)c2cc(Br)ccc2O)CC1. The van der Waals surface area contributed by atoms with Gasteiger partial charge >= 0.3 is 0 Å². The van der Waals surface area contributed by atoms with Gasteiger partial charge in [-0.05, 0) is 31.3 Å². The van der Waals surface area contributed by atoms with Gasteiger partial charge in [0.05, 0.1) is 5.56 Å². The molecule has 3 N–H and O–H groups in total. The average Bonchev–Trinajstić information content (AvgIpc) is 2.40. The maximum Gasteiger partial charge on any atom is 0.273 e. The van der Waals surface area contributed by atoms with Crippen molar-refractivity contribution in [3.05, 3.63) is 40.0 Å². The van der Waals surface area contributed by atoms with E-state index in [1.807, 2.05) is 13.1 Å². The quantitative estimate of drug-likeness (QED) is 0.739. The van der Waals surface area contributed by atoms with Crippen LogP contribution in [0.5, 0.6) is 5.75 Å². The van der Waals surface area contributed by atoms with Gasteiger partial charge in [0.2, 0.25) is 0 Å². The molecule has 0 saturated heterocycles. The number of hydrogen-bond donors (Lipinski definition) is 3. The van der Waals surface area contributed by atoms with E-state index in [0.717, 1.165) is 29.7 Å². The Balaban J connectivity index is 1.96. The number of rotatable bonds is 3. The standard InChI is InChI=1S/C13H16BrN3O2/c1-17-6-4-10(5-7-17)15-16-13(19)11-8-9(14)2-3-12(11)18/h2-4,8,15,18H,5-7H2,1H3,(H,16,19).